The molecule has 0 fully saturated rings. The minimum absolute atomic E-state index is 0.203. The molecule has 19 heavy (non-hydrogen) atoms. The van der Waals surface area contributed by atoms with Gasteiger partial charge in [0.2, 0.25) is 0 Å². The molecule has 2 aromatic rings. The Hall–Kier alpha value is -1.80. The molecule has 0 spiro atoms. The van der Waals surface area contributed by atoms with E-state index in [1.807, 2.05) is 6.07 Å². The average molecular weight is 253 g/mol. The first-order chi connectivity index (χ1) is 9.20. The van der Waals surface area contributed by atoms with Gasteiger partial charge >= 0.3 is 0 Å². The van der Waals surface area contributed by atoms with Crippen molar-refractivity contribution < 1.29 is 4.74 Å². The molecule has 2 aromatic carbocycles. The third-order valence-electron chi connectivity index (χ3n) is 4.02. The molecule has 1 unspecified atom stereocenters. The van der Waals surface area contributed by atoms with Crippen molar-refractivity contribution >= 4 is 0 Å². The summed E-state index contributed by atoms with van der Waals surface area (Å²) in [7, 11) is 1.71. The van der Waals surface area contributed by atoms with Gasteiger partial charge in [0.1, 0.15) is 5.75 Å². The molecule has 0 saturated heterocycles. The van der Waals surface area contributed by atoms with Crippen molar-refractivity contribution in [1.82, 2.24) is 0 Å². The predicted octanol–water partition coefficient (Wildman–Crippen LogP) is 3.62. The molecule has 2 N–H and O–H groups in total. The SMILES string of the molecule is COc1ccc(-c2cccc3c2CCC3N)cc1C. The summed E-state index contributed by atoms with van der Waals surface area (Å²) in [6.45, 7) is 2.08. The zero-order valence-corrected chi connectivity index (χ0v) is 11.4. The Bertz CT molecular complexity index is 619. The third-order valence-corrected chi connectivity index (χ3v) is 4.02. The maximum atomic E-state index is 6.15. The van der Waals surface area contributed by atoms with Crippen LogP contribution in [0.5, 0.6) is 5.75 Å². The molecule has 2 nitrogen and oxygen atoms in total. The lowest BCUT2D eigenvalue weighted by molar-refractivity contribution is 0.412. The van der Waals surface area contributed by atoms with E-state index in [1.54, 1.807) is 7.11 Å². The van der Waals surface area contributed by atoms with Crippen molar-refractivity contribution in [3.8, 4) is 16.9 Å². The fraction of sp³-hybridized carbons (Fsp3) is 0.294. The summed E-state index contributed by atoms with van der Waals surface area (Å²) in [5.74, 6) is 0.938. The molecule has 0 amide bonds. The van der Waals surface area contributed by atoms with Crippen LogP contribution in [0, 0.1) is 6.92 Å². The second-order valence-corrected chi connectivity index (χ2v) is 5.20. The zero-order valence-electron chi connectivity index (χ0n) is 11.4. The largest absolute Gasteiger partial charge is 0.496 e. The first kappa shape index (κ1) is 12.2. The molecule has 1 aliphatic rings. The molecule has 0 aliphatic heterocycles. The fourth-order valence-electron chi connectivity index (χ4n) is 3.00. The van der Waals surface area contributed by atoms with Crippen molar-refractivity contribution in [3.63, 3.8) is 0 Å². The maximum Gasteiger partial charge on any atom is 0.121 e. The quantitative estimate of drug-likeness (QED) is 0.887. The first-order valence-corrected chi connectivity index (χ1v) is 6.73. The van der Waals surface area contributed by atoms with Gasteiger partial charge in [-0.05, 0) is 59.7 Å². The van der Waals surface area contributed by atoms with Crippen LogP contribution in [0.4, 0.5) is 0 Å². The van der Waals surface area contributed by atoms with E-state index in [2.05, 4.69) is 37.3 Å². The number of benzene rings is 2. The van der Waals surface area contributed by atoms with Gasteiger partial charge in [0.25, 0.3) is 0 Å². The number of hydrogen-bond acceptors (Lipinski definition) is 2. The van der Waals surface area contributed by atoms with E-state index in [0.29, 0.717) is 0 Å². The van der Waals surface area contributed by atoms with Crippen molar-refractivity contribution in [2.24, 2.45) is 5.73 Å². The standard InChI is InChI=1S/C17H19NO/c1-11-10-12(6-9-17(11)19-2)13-4-3-5-15-14(13)7-8-16(15)18/h3-6,9-10,16H,7-8,18H2,1-2H3. The number of fused-ring (bicyclic) bond motifs is 1. The second-order valence-electron chi connectivity index (χ2n) is 5.20. The minimum atomic E-state index is 0.203. The van der Waals surface area contributed by atoms with Gasteiger partial charge in [-0.25, -0.2) is 0 Å². The van der Waals surface area contributed by atoms with Crippen LogP contribution in [0.1, 0.15) is 29.2 Å². The smallest absolute Gasteiger partial charge is 0.121 e. The van der Waals surface area contributed by atoms with E-state index in [-0.39, 0.29) is 6.04 Å². The minimum Gasteiger partial charge on any atom is -0.496 e. The summed E-state index contributed by atoms with van der Waals surface area (Å²) in [4.78, 5) is 0. The molecule has 0 heterocycles. The normalized spacial score (nSPS) is 17.3. The van der Waals surface area contributed by atoms with Crippen LogP contribution in [0.3, 0.4) is 0 Å². The topological polar surface area (TPSA) is 35.2 Å². The molecule has 3 rings (SSSR count). The summed E-state index contributed by atoms with van der Waals surface area (Å²) in [6.07, 6.45) is 2.14. The van der Waals surface area contributed by atoms with E-state index in [9.17, 15) is 0 Å². The molecule has 1 atom stereocenters. The van der Waals surface area contributed by atoms with E-state index in [1.165, 1.54) is 27.8 Å². The Morgan fingerprint density at radius 1 is 1.21 bits per heavy atom. The molecule has 98 valence electrons. The molecular formula is C17H19NO. The van der Waals surface area contributed by atoms with Gasteiger partial charge in [0.15, 0.2) is 0 Å². The fourth-order valence-corrected chi connectivity index (χ4v) is 3.00. The van der Waals surface area contributed by atoms with Crippen LogP contribution < -0.4 is 10.5 Å². The highest BCUT2D eigenvalue weighted by molar-refractivity contribution is 5.71. The van der Waals surface area contributed by atoms with Gasteiger partial charge in [0, 0.05) is 6.04 Å². The summed E-state index contributed by atoms with van der Waals surface area (Å²) >= 11 is 0. The van der Waals surface area contributed by atoms with E-state index in [4.69, 9.17) is 10.5 Å². The van der Waals surface area contributed by atoms with E-state index >= 15 is 0 Å². The van der Waals surface area contributed by atoms with Crippen LogP contribution in [-0.4, -0.2) is 7.11 Å². The van der Waals surface area contributed by atoms with Crippen molar-refractivity contribution in [2.75, 3.05) is 7.11 Å². The number of hydrogen-bond donors (Lipinski definition) is 1. The van der Waals surface area contributed by atoms with E-state index < -0.39 is 0 Å². The lowest BCUT2D eigenvalue weighted by Gasteiger charge is -2.12. The summed E-state index contributed by atoms with van der Waals surface area (Å²) in [5, 5.41) is 0. The Morgan fingerprint density at radius 3 is 2.79 bits per heavy atom. The molecule has 0 radical (unpaired) electrons. The summed E-state index contributed by atoms with van der Waals surface area (Å²) < 4.78 is 5.33. The van der Waals surface area contributed by atoms with Gasteiger partial charge in [-0.2, -0.15) is 0 Å². The first-order valence-electron chi connectivity index (χ1n) is 6.73. The van der Waals surface area contributed by atoms with Gasteiger partial charge < -0.3 is 10.5 Å². The number of nitrogens with two attached hydrogens (primary N) is 1. The van der Waals surface area contributed by atoms with Crippen molar-refractivity contribution in [2.45, 2.75) is 25.8 Å². The average Bonchev–Trinajstić information content (AvgIpc) is 2.80. The van der Waals surface area contributed by atoms with E-state index in [0.717, 1.165) is 18.6 Å². The van der Waals surface area contributed by atoms with Crippen molar-refractivity contribution in [1.29, 1.82) is 0 Å². The lowest BCUT2D eigenvalue weighted by atomic mass is 9.95. The molecule has 1 aliphatic carbocycles. The highest BCUT2D eigenvalue weighted by atomic mass is 16.5. The molecule has 0 bridgehead atoms. The van der Waals surface area contributed by atoms with Crippen LogP contribution >= 0.6 is 0 Å². The number of aryl methyl sites for hydroxylation is 1. The second kappa shape index (κ2) is 4.71. The van der Waals surface area contributed by atoms with Gasteiger partial charge in [-0.1, -0.05) is 24.3 Å². The number of rotatable bonds is 2. The van der Waals surface area contributed by atoms with Gasteiger partial charge in [-0.15, -0.1) is 0 Å². The third kappa shape index (κ3) is 2.02. The summed E-state index contributed by atoms with van der Waals surface area (Å²) in [6, 6.07) is 13.0. The predicted molar refractivity (Wildman–Crippen MR) is 78.4 cm³/mol. The Morgan fingerprint density at radius 2 is 2.05 bits per heavy atom. The number of methoxy groups -OCH3 is 1. The van der Waals surface area contributed by atoms with Crippen LogP contribution in [0.15, 0.2) is 36.4 Å². The van der Waals surface area contributed by atoms with Gasteiger partial charge in [0.05, 0.1) is 7.11 Å². The summed E-state index contributed by atoms with van der Waals surface area (Å²) in [5.41, 5.74) is 12.6. The van der Waals surface area contributed by atoms with Gasteiger partial charge in [-0.3, -0.25) is 0 Å². The molecule has 0 saturated carbocycles. The molecular weight excluding hydrogens is 234 g/mol. The van der Waals surface area contributed by atoms with Crippen LogP contribution in [0.25, 0.3) is 11.1 Å². The zero-order chi connectivity index (χ0) is 13.4. The maximum absolute atomic E-state index is 6.15. The highest BCUT2D eigenvalue weighted by Crippen LogP contribution is 2.37. The molecule has 2 heteroatoms. The Labute approximate surface area is 114 Å². The number of ether oxygens (including phenoxy) is 1. The Balaban J connectivity index is 2.11. The van der Waals surface area contributed by atoms with Crippen LogP contribution in [-0.2, 0) is 6.42 Å². The Kier molecular flexibility index (Phi) is 3.03. The lowest BCUT2D eigenvalue weighted by Crippen LogP contribution is -2.04. The monoisotopic (exact) mass is 253 g/mol. The molecule has 0 aromatic heterocycles. The highest BCUT2D eigenvalue weighted by Gasteiger charge is 2.21. The van der Waals surface area contributed by atoms with Crippen molar-refractivity contribution in [3.05, 3.63) is 53.1 Å². The van der Waals surface area contributed by atoms with Crippen LogP contribution in [0.2, 0.25) is 0 Å².